The molecule has 0 aliphatic heterocycles. The molecular weight excluding hydrogens is 566 g/mol. The Labute approximate surface area is 257 Å². The Morgan fingerprint density at radius 2 is 1.00 bits per heavy atom. The molecule has 0 heterocycles. The van der Waals surface area contributed by atoms with E-state index in [0.717, 1.165) is 0 Å². The first-order chi connectivity index (χ1) is 20.9. The third-order valence-corrected chi connectivity index (χ3v) is 5.68. The molecule has 0 radical (unpaired) electrons. The first-order valence-corrected chi connectivity index (χ1v) is 15.2. The predicted octanol–water partition coefficient (Wildman–Crippen LogP) is 0.442. The molecular formula is C29H57N3O11. The van der Waals surface area contributed by atoms with Gasteiger partial charge < -0.3 is 54.3 Å². The van der Waals surface area contributed by atoms with Gasteiger partial charge in [0.15, 0.2) is 0 Å². The molecule has 0 rings (SSSR count). The quantitative estimate of drug-likeness (QED) is 0.0866. The smallest absolute Gasteiger partial charge is 0.240 e. The SMILES string of the molecule is COCCOCCOCCOCCOCCOCCOCCOCCC(=O)NCCCCC(=O)NC(CC(C)C)C(N)=O. The molecule has 0 aromatic heterocycles. The molecule has 14 nitrogen and oxygen atoms in total. The molecule has 254 valence electrons. The van der Waals surface area contributed by atoms with Crippen molar-refractivity contribution in [2.75, 3.05) is 113 Å². The summed E-state index contributed by atoms with van der Waals surface area (Å²) in [6.45, 7) is 11.6. The van der Waals surface area contributed by atoms with Crippen LogP contribution in [0.15, 0.2) is 0 Å². The topological polar surface area (TPSA) is 175 Å². The van der Waals surface area contributed by atoms with Crippen molar-refractivity contribution >= 4 is 17.7 Å². The Kier molecular flexibility index (Phi) is 30.1. The molecule has 4 N–H and O–H groups in total. The van der Waals surface area contributed by atoms with Crippen LogP contribution in [-0.4, -0.2) is 137 Å². The highest BCUT2D eigenvalue weighted by atomic mass is 16.6. The van der Waals surface area contributed by atoms with E-state index >= 15 is 0 Å². The van der Waals surface area contributed by atoms with Crippen LogP contribution in [0.4, 0.5) is 0 Å². The second-order valence-corrected chi connectivity index (χ2v) is 9.99. The van der Waals surface area contributed by atoms with Crippen LogP contribution in [0.25, 0.3) is 0 Å². The minimum absolute atomic E-state index is 0.108. The van der Waals surface area contributed by atoms with Gasteiger partial charge >= 0.3 is 0 Å². The molecule has 0 saturated carbocycles. The van der Waals surface area contributed by atoms with Gasteiger partial charge in [-0.3, -0.25) is 14.4 Å². The zero-order chi connectivity index (χ0) is 31.8. The Balaban J connectivity index is 3.33. The number of hydrogen-bond donors (Lipinski definition) is 3. The van der Waals surface area contributed by atoms with Crippen molar-refractivity contribution in [3.8, 4) is 0 Å². The number of hydrogen-bond acceptors (Lipinski definition) is 11. The lowest BCUT2D eigenvalue weighted by Gasteiger charge is -2.17. The van der Waals surface area contributed by atoms with Crippen molar-refractivity contribution in [1.82, 2.24) is 10.6 Å². The Morgan fingerprint density at radius 1 is 0.581 bits per heavy atom. The summed E-state index contributed by atoms with van der Waals surface area (Å²) in [5, 5.41) is 5.48. The number of methoxy groups -OCH3 is 1. The van der Waals surface area contributed by atoms with E-state index < -0.39 is 11.9 Å². The Hall–Kier alpha value is -1.91. The second kappa shape index (κ2) is 31.5. The summed E-state index contributed by atoms with van der Waals surface area (Å²) in [5.74, 6) is -0.594. The van der Waals surface area contributed by atoms with Gasteiger partial charge in [0.2, 0.25) is 17.7 Å². The number of ether oxygens (including phenoxy) is 8. The molecule has 0 saturated heterocycles. The summed E-state index contributed by atoms with van der Waals surface area (Å²) in [6, 6.07) is -0.645. The summed E-state index contributed by atoms with van der Waals surface area (Å²) in [6.07, 6.45) is 2.30. The van der Waals surface area contributed by atoms with Gasteiger partial charge in [0, 0.05) is 26.5 Å². The van der Waals surface area contributed by atoms with Gasteiger partial charge in [-0.05, 0) is 25.2 Å². The molecule has 0 spiro atoms. The van der Waals surface area contributed by atoms with E-state index in [9.17, 15) is 14.4 Å². The van der Waals surface area contributed by atoms with Crippen LogP contribution in [0.5, 0.6) is 0 Å². The number of nitrogens with one attached hydrogen (secondary N) is 2. The third kappa shape index (κ3) is 31.3. The maximum absolute atomic E-state index is 12.0. The fourth-order valence-electron chi connectivity index (χ4n) is 3.44. The fourth-order valence-corrected chi connectivity index (χ4v) is 3.44. The van der Waals surface area contributed by atoms with Gasteiger partial charge in [0.25, 0.3) is 0 Å². The molecule has 0 aliphatic carbocycles. The highest BCUT2D eigenvalue weighted by molar-refractivity contribution is 5.86. The van der Waals surface area contributed by atoms with Gasteiger partial charge in [-0.2, -0.15) is 0 Å². The molecule has 0 fully saturated rings. The molecule has 0 aromatic rings. The lowest BCUT2D eigenvalue weighted by molar-refractivity contribution is -0.127. The van der Waals surface area contributed by atoms with Crippen molar-refractivity contribution in [1.29, 1.82) is 0 Å². The zero-order valence-corrected chi connectivity index (χ0v) is 26.6. The molecule has 1 unspecified atom stereocenters. The number of amides is 3. The molecule has 1 atom stereocenters. The van der Waals surface area contributed by atoms with E-state index in [1.54, 1.807) is 7.11 Å². The Morgan fingerprint density at radius 3 is 1.40 bits per heavy atom. The minimum atomic E-state index is -0.645. The van der Waals surface area contributed by atoms with E-state index in [4.69, 9.17) is 43.6 Å². The van der Waals surface area contributed by atoms with Gasteiger partial charge in [-0.15, -0.1) is 0 Å². The maximum Gasteiger partial charge on any atom is 0.240 e. The van der Waals surface area contributed by atoms with Gasteiger partial charge in [-0.25, -0.2) is 0 Å². The van der Waals surface area contributed by atoms with Gasteiger partial charge in [-0.1, -0.05) is 13.8 Å². The summed E-state index contributed by atoms with van der Waals surface area (Å²) < 4.78 is 42.7. The van der Waals surface area contributed by atoms with Crippen molar-refractivity contribution in [3.05, 3.63) is 0 Å². The summed E-state index contributed by atoms with van der Waals surface area (Å²) in [5.41, 5.74) is 5.34. The van der Waals surface area contributed by atoms with E-state index in [-0.39, 0.29) is 30.6 Å². The lowest BCUT2D eigenvalue weighted by Crippen LogP contribution is -2.45. The maximum atomic E-state index is 12.0. The summed E-state index contributed by atoms with van der Waals surface area (Å²) >= 11 is 0. The zero-order valence-electron chi connectivity index (χ0n) is 26.6. The van der Waals surface area contributed by atoms with Crippen molar-refractivity contribution < 1.29 is 52.3 Å². The monoisotopic (exact) mass is 623 g/mol. The van der Waals surface area contributed by atoms with Gasteiger partial charge in [0.1, 0.15) is 6.04 Å². The average molecular weight is 624 g/mol. The van der Waals surface area contributed by atoms with Crippen LogP contribution in [-0.2, 0) is 52.3 Å². The molecule has 14 heteroatoms. The molecule has 0 bridgehead atoms. The number of rotatable bonds is 33. The van der Waals surface area contributed by atoms with E-state index in [1.165, 1.54) is 0 Å². The largest absolute Gasteiger partial charge is 0.382 e. The third-order valence-electron chi connectivity index (χ3n) is 5.68. The van der Waals surface area contributed by atoms with Crippen molar-refractivity contribution in [3.63, 3.8) is 0 Å². The average Bonchev–Trinajstić information content (AvgIpc) is 2.96. The number of primary amides is 1. The second-order valence-electron chi connectivity index (χ2n) is 9.99. The number of nitrogens with two attached hydrogens (primary N) is 1. The standard InChI is InChI=1S/C29H57N3O11/c1-25(2)24-26(29(30)35)32-28(34)6-4-5-8-31-27(33)7-9-37-12-13-39-16-17-41-20-21-43-23-22-42-19-18-40-15-14-38-11-10-36-3/h25-26H,4-24H2,1-3H3,(H2,30,35)(H,31,33)(H,32,34). The first-order valence-electron chi connectivity index (χ1n) is 15.2. The number of carbonyl (C=O) groups excluding carboxylic acids is 3. The molecule has 0 aromatic carbocycles. The first kappa shape index (κ1) is 41.1. The van der Waals surface area contributed by atoms with Crippen LogP contribution in [0.2, 0.25) is 0 Å². The summed E-state index contributed by atoms with van der Waals surface area (Å²) in [4.78, 5) is 35.3. The normalized spacial score (nSPS) is 12.0. The minimum Gasteiger partial charge on any atom is -0.382 e. The summed E-state index contributed by atoms with van der Waals surface area (Å²) in [7, 11) is 1.64. The molecule has 3 amide bonds. The van der Waals surface area contributed by atoms with Crippen LogP contribution >= 0.6 is 0 Å². The lowest BCUT2D eigenvalue weighted by atomic mass is 10.0. The van der Waals surface area contributed by atoms with Crippen LogP contribution in [0, 0.1) is 5.92 Å². The highest BCUT2D eigenvalue weighted by Crippen LogP contribution is 2.05. The predicted molar refractivity (Wildman–Crippen MR) is 160 cm³/mol. The molecule has 43 heavy (non-hydrogen) atoms. The fraction of sp³-hybridized carbons (Fsp3) is 0.897. The van der Waals surface area contributed by atoms with Crippen LogP contribution in [0.1, 0.15) is 46.0 Å². The number of unbranched alkanes of at least 4 members (excludes halogenated alkanes) is 1. The van der Waals surface area contributed by atoms with Crippen molar-refractivity contribution in [2.45, 2.75) is 52.0 Å². The van der Waals surface area contributed by atoms with E-state index in [2.05, 4.69) is 10.6 Å². The number of carbonyl (C=O) groups is 3. The molecule has 0 aliphatic rings. The van der Waals surface area contributed by atoms with Gasteiger partial charge in [0.05, 0.1) is 99.1 Å². The van der Waals surface area contributed by atoms with Crippen LogP contribution in [0.3, 0.4) is 0 Å². The van der Waals surface area contributed by atoms with Crippen molar-refractivity contribution in [2.24, 2.45) is 11.7 Å². The van der Waals surface area contributed by atoms with E-state index in [0.29, 0.717) is 125 Å². The van der Waals surface area contributed by atoms with E-state index in [1.807, 2.05) is 13.8 Å². The van der Waals surface area contributed by atoms with Crippen LogP contribution < -0.4 is 16.4 Å². The Bertz CT molecular complexity index is 672. The highest BCUT2D eigenvalue weighted by Gasteiger charge is 2.18.